The standard InChI is InChI=1S/C28H26ClN3O3/c1-31-23-10-6-4-8-21(23)25-26(19-11-13-20(35-2)14-12-19)32(28(34)27(25)31)17-24(33)30-16-15-18-7-3-5-9-22(18)29/h3-14,26H,15-17H2,1-2H3,(H,30,33). The third-order valence-corrected chi connectivity index (χ3v) is 6.98. The van der Waals surface area contributed by atoms with Crippen LogP contribution in [0.2, 0.25) is 5.02 Å². The number of hydrogen-bond donors (Lipinski definition) is 1. The number of rotatable bonds is 7. The van der Waals surface area contributed by atoms with E-state index in [1.165, 1.54) is 0 Å². The van der Waals surface area contributed by atoms with Crippen molar-refractivity contribution in [3.05, 3.63) is 100 Å². The number of nitrogens with one attached hydrogen (secondary N) is 1. The monoisotopic (exact) mass is 487 g/mol. The number of methoxy groups -OCH3 is 1. The van der Waals surface area contributed by atoms with Gasteiger partial charge in [0.1, 0.15) is 18.0 Å². The smallest absolute Gasteiger partial charge is 0.272 e. The summed E-state index contributed by atoms with van der Waals surface area (Å²) >= 11 is 6.23. The van der Waals surface area contributed by atoms with E-state index in [9.17, 15) is 9.59 Å². The van der Waals surface area contributed by atoms with Gasteiger partial charge in [-0.1, -0.05) is 60.1 Å². The molecule has 1 N–H and O–H groups in total. The summed E-state index contributed by atoms with van der Waals surface area (Å²) in [4.78, 5) is 28.3. The summed E-state index contributed by atoms with van der Waals surface area (Å²) in [5.41, 5.74) is 4.45. The van der Waals surface area contributed by atoms with Gasteiger partial charge in [-0.05, 0) is 41.8 Å². The van der Waals surface area contributed by atoms with Gasteiger partial charge in [0.15, 0.2) is 0 Å². The van der Waals surface area contributed by atoms with E-state index in [1.54, 1.807) is 12.0 Å². The summed E-state index contributed by atoms with van der Waals surface area (Å²) in [5.74, 6) is 0.377. The minimum absolute atomic E-state index is 0.0406. The highest BCUT2D eigenvalue weighted by Gasteiger charge is 2.42. The zero-order chi connectivity index (χ0) is 24.5. The SMILES string of the molecule is COc1ccc(C2c3c(n(C)c4ccccc34)C(=O)N2CC(=O)NCCc2ccccc2Cl)cc1. The number of carbonyl (C=O) groups is 2. The maximum Gasteiger partial charge on any atom is 0.272 e. The summed E-state index contributed by atoms with van der Waals surface area (Å²) in [6.45, 7) is 0.398. The minimum atomic E-state index is -0.371. The highest BCUT2D eigenvalue weighted by Crippen LogP contribution is 2.43. The molecule has 1 atom stereocenters. The number of ether oxygens (including phenoxy) is 1. The van der Waals surface area contributed by atoms with Crippen LogP contribution in [0.1, 0.15) is 33.2 Å². The summed E-state index contributed by atoms with van der Waals surface area (Å²) in [6, 6.07) is 22.9. The van der Waals surface area contributed by atoms with Crippen molar-refractivity contribution in [3.63, 3.8) is 0 Å². The molecule has 1 aliphatic heterocycles. The van der Waals surface area contributed by atoms with Crippen LogP contribution < -0.4 is 10.1 Å². The molecule has 2 heterocycles. The molecule has 0 bridgehead atoms. The van der Waals surface area contributed by atoms with Crippen molar-refractivity contribution in [2.45, 2.75) is 12.5 Å². The van der Waals surface area contributed by atoms with E-state index in [4.69, 9.17) is 16.3 Å². The van der Waals surface area contributed by atoms with Gasteiger partial charge in [0, 0.05) is 35.1 Å². The topological polar surface area (TPSA) is 63.6 Å². The second-order valence-corrected chi connectivity index (χ2v) is 9.05. The Balaban J connectivity index is 1.43. The molecular formula is C28H26ClN3O3. The van der Waals surface area contributed by atoms with Gasteiger partial charge in [0.2, 0.25) is 5.91 Å². The summed E-state index contributed by atoms with van der Waals surface area (Å²) in [7, 11) is 3.52. The van der Waals surface area contributed by atoms with Crippen LogP contribution in [-0.2, 0) is 18.3 Å². The zero-order valence-electron chi connectivity index (χ0n) is 19.6. The van der Waals surface area contributed by atoms with Crippen molar-refractivity contribution in [1.82, 2.24) is 14.8 Å². The number of aryl methyl sites for hydroxylation is 1. The molecule has 35 heavy (non-hydrogen) atoms. The lowest BCUT2D eigenvalue weighted by atomic mass is 9.98. The van der Waals surface area contributed by atoms with E-state index < -0.39 is 0 Å². The first kappa shape index (κ1) is 23.0. The molecule has 2 amide bonds. The van der Waals surface area contributed by atoms with E-state index >= 15 is 0 Å². The van der Waals surface area contributed by atoms with E-state index in [2.05, 4.69) is 5.32 Å². The van der Waals surface area contributed by atoms with Crippen molar-refractivity contribution in [3.8, 4) is 5.75 Å². The number of benzene rings is 3. The van der Waals surface area contributed by atoms with Gasteiger partial charge in [0.25, 0.3) is 5.91 Å². The van der Waals surface area contributed by atoms with Gasteiger partial charge < -0.3 is 19.5 Å². The Hall–Kier alpha value is -3.77. The Morgan fingerprint density at radius 2 is 1.74 bits per heavy atom. The second-order valence-electron chi connectivity index (χ2n) is 8.64. The zero-order valence-corrected chi connectivity index (χ0v) is 20.4. The first-order valence-electron chi connectivity index (χ1n) is 11.5. The minimum Gasteiger partial charge on any atom is -0.497 e. The number of nitrogens with zero attached hydrogens (tertiary/aromatic N) is 2. The molecule has 178 valence electrons. The molecule has 0 spiro atoms. The fourth-order valence-electron chi connectivity index (χ4n) is 4.91. The van der Waals surface area contributed by atoms with Crippen LogP contribution >= 0.6 is 11.6 Å². The van der Waals surface area contributed by atoms with Crippen LogP contribution in [0.25, 0.3) is 10.9 Å². The predicted octanol–water partition coefficient (Wildman–Crippen LogP) is 4.74. The van der Waals surface area contributed by atoms with Gasteiger partial charge >= 0.3 is 0 Å². The van der Waals surface area contributed by atoms with Crippen molar-refractivity contribution in [2.24, 2.45) is 7.05 Å². The number of carbonyl (C=O) groups excluding carboxylic acids is 2. The summed E-state index contributed by atoms with van der Waals surface area (Å²) < 4.78 is 7.25. The van der Waals surface area contributed by atoms with Crippen LogP contribution in [0.4, 0.5) is 0 Å². The molecule has 6 nitrogen and oxygen atoms in total. The van der Waals surface area contributed by atoms with Crippen LogP contribution in [0.15, 0.2) is 72.8 Å². The fraction of sp³-hybridized carbons (Fsp3) is 0.214. The third kappa shape index (κ3) is 4.15. The Morgan fingerprint density at radius 1 is 1.03 bits per heavy atom. The van der Waals surface area contributed by atoms with Gasteiger partial charge in [-0.25, -0.2) is 0 Å². The van der Waals surface area contributed by atoms with Crippen molar-refractivity contribution >= 4 is 34.3 Å². The number of aromatic nitrogens is 1. The average molecular weight is 488 g/mol. The average Bonchev–Trinajstić information content (AvgIpc) is 3.32. The molecule has 0 radical (unpaired) electrons. The molecule has 5 rings (SSSR count). The Kier molecular flexibility index (Phi) is 6.22. The number of amides is 2. The second kappa shape index (κ2) is 9.47. The lowest BCUT2D eigenvalue weighted by Gasteiger charge is -2.26. The molecule has 0 saturated heterocycles. The van der Waals surface area contributed by atoms with Crippen LogP contribution in [0, 0.1) is 0 Å². The largest absolute Gasteiger partial charge is 0.497 e. The Labute approximate surface area is 209 Å². The molecule has 3 aromatic carbocycles. The van der Waals surface area contributed by atoms with Gasteiger partial charge in [-0.2, -0.15) is 0 Å². The predicted molar refractivity (Wildman–Crippen MR) is 137 cm³/mol. The Morgan fingerprint density at radius 3 is 2.49 bits per heavy atom. The van der Waals surface area contributed by atoms with E-state index in [0.717, 1.165) is 33.3 Å². The highest BCUT2D eigenvalue weighted by atomic mass is 35.5. The molecule has 0 aliphatic carbocycles. The van der Waals surface area contributed by atoms with Gasteiger partial charge in [-0.15, -0.1) is 0 Å². The number of hydrogen-bond acceptors (Lipinski definition) is 3. The van der Waals surface area contributed by atoms with E-state index in [0.29, 0.717) is 23.7 Å². The normalized spacial score (nSPS) is 14.9. The first-order chi connectivity index (χ1) is 17.0. The number of para-hydroxylation sites is 1. The fourth-order valence-corrected chi connectivity index (χ4v) is 5.14. The van der Waals surface area contributed by atoms with Crippen LogP contribution in [0.3, 0.4) is 0 Å². The molecule has 7 heteroatoms. The Bertz CT molecular complexity index is 1410. The molecule has 1 aliphatic rings. The van der Waals surface area contributed by atoms with Gasteiger partial charge in [0.05, 0.1) is 13.2 Å². The molecular weight excluding hydrogens is 462 g/mol. The highest BCUT2D eigenvalue weighted by molar-refractivity contribution is 6.31. The molecule has 0 saturated carbocycles. The quantitative estimate of drug-likeness (QED) is 0.409. The van der Waals surface area contributed by atoms with Crippen molar-refractivity contribution in [2.75, 3.05) is 20.2 Å². The third-order valence-electron chi connectivity index (χ3n) is 6.61. The van der Waals surface area contributed by atoms with Crippen LogP contribution in [0.5, 0.6) is 5.75 Å². The number of halogens is 1. The molecule has 1 unspecified atom stereocenters. The van der Waals surface area contributed by atoms with E-state index in [-0.39, 0.29) is 24.4 Å². The molecule has 1 aromatic heterocycles. The van der Waals surface area contributed by atoms with E-state index in [1.807, 2.05) is 84.4 Å². The maximum absolute atomic E-state index is 13.7. The van der Waals surface area contributed by atoms with Crippen molar-refractivity contribution < 1.29 is 14.3 Å². The molecule has 0 fully saturated rings. The lowest BCUT2D eigenvalue weighted by Crippen LogP contribution is -2.40. The lowest BCUT2D eigenvalue weighted by molar-refractivity contribution is -0.122. The van der Waals surface area contributed by atoms with Crippen LogP contribution in [-0.4, -0.2) is 41.5 Å². The first-order valence-corrected chi connectivity index (χ1v) is 11.9. The maximum atomic E-state index is 13.7. The van der Waals surface area contributed by atoms with Crippen molar-refractivity contribution in [1.29, 1.82) is 0 Å². The number of fused-ring (bicyclic) bond motifs is 3. The summed E-state index contributed by atoms with van der Waals surface area (Å²) in [5, 5.41) is 4.64. The van der Waals surface area contributed by atoms with Gasteiger partial charge in [-0.3, -0.25) is 9.59 Å². The molecule has 4 aromatic rings. The summed E-state index contributed by atoms with van der Waals surface area (Å²) in [6.07, 6.45) is 0.617.